The summed E-state index contributed by atoms with van der Waals surface area (Å²) in [5.41, 5.74) is 5.49. The molecule has 0 bridgehead atoms. The Labute approximate surface area is 172 Å². The van der Waals surface area contributed by atoms with E-state index in [1.165, 1.54) is 16.9 Å². The quantitative estimate of drug-likeness (QED) is 0.724. The van der Waals surface area contributed by atoms with Crippen molar-refractivity contribution in [1.82, 2.24) is 9.80 Å². The van der Waals surface area contributed by atoms with Crippen molar-refractivity contribution < 1.29 is 9.59 Å². The number of amides is 2. The van der Waals surface area contributed by atoms with Crippen LogP contribution in [0.5, 0.6) is 0 Å². The Hall–Kier alpha value is -2.88. The number of hydrogen-bond donors (Lipinski definition) is 0. The third-order valence-corrected chi connectivity index (χ3v) is 6.08. The summed E-state index contributed by atoms with van der Waals surface area (Å²) in [6.07, 6.45) is 3.98. The largest absolute Gasteiger partial charge is 0.366 e. The summed E-state index contributed by atoms with van der Waals surface area (Å²) >= 11 is 0. The van der Waals surface area contributed by atoms with Gasteiger partial charge in [0.2, 0.25) is 0 Å². The van der Waals surface area contributed by atoms with Crippen LogP contribution in [0.1, 0.15) is 41.5 Å². The highest BCUT2D eigenvalue weighted by atomic mass is 16.2. The van der Waals surface area contributed by atoms with Crippen molar-refractivity contribution in [1.29, 1.82) is 0 Å². The van der Waals surface area contributed by atoms with Gasteiger partial charge in [0.25, 0.3) is 11.8 Å². The van der Waals surface area contributed by atoms with Gasteiger partial charge in [-0.15, -0.1) is 0 Å². The number of rotatable bonds is 5. The molecule has 4 nitrogen and oxygen atoms in total. The maximum atomic E-state index is 13.4. The molecule has 4 heteroatoms. The summed E-state index contributed by atoms with van der Waals surface area (Å²) in [6.45, 7) is 6.21. The molecule has 2 heterocycles. The van der Waals surface area contributed by atoms with Gasteiger partial charge in [-0.3, -0.25) is 14.5 Å². The van der Waals surface area contributed by atoms with Crippen LogP contribution in [0.2, 0.25) is 0 Å². The first-order valence-corrected chi connectivity index (χ1v) is 10.5. The summed E-state index contributed by atoms with van der Waals surface area (Å²) in [7, 11) is 0. The van der Waals surface area contributed by atoms with Crippen LogP contribution in [0.25, 0.3) is 5.57 Å². The zero-order valence-electron chi connectivity index (χ0n) is 17.3. The highest BCUT2D eigenvalue weighted by molar-refractivity contribution is 6.35. The van der Waals surface area contributed by atoms with E-state index in [4.69, 9.17) is 0 Å². The van der Waals surface area contributed by atoms with Gasteiger partial charge in [0.05, 0.1) is 5.57 Å². The summed E-state index contributed by atoms with van der Waals surface area (Å²) in [4.78, 5) is 30.4. The van der Waals surface area contributed by atoms with E-state index in [1.54, 1.807) is 0 Å². The smallest absolute Gasteiger partial charge is 0.277 e. The molecule has 0 aliphatic carbocycles. The van der Waals surface area contributed by atoms with Gasteiger partial charge in [0, 0.05) is 19.6 Å². The molecule has 0 unspecified atom stereocenters. The van der Waals surface area contributed by atoms with Crippen LogP contribution in [0.4, 0.5) is 0 Å². The average Bonchev–Trinajstić information content (AvgIpc) is 3.00. The van der Waals surface area contributed by atoms with E-state index in [2.05, 4.69) is 11.8 Å². The molecule has 1 saturated heterocycles. The lowest BCUT2D eigenvalue weighted by atomic mass is 9.98. The first-order chi connectivity index (χ1) is 14.1. The second-order valence-corrected chi connectivity index (χ2v) is 8.07. The van der Waals surface area contributed by atoms with Crippen LogP contribution < -0.4 is 0 Å². The van der Waals surface area contributed by atoms with E-state index in [0.717, 1.165) is 42.6 Å². The van der Waals surface area contributed by atoms with Crippen LogP contribution in [0.3, 0.4) is 0 Å². The van der Waals surface area contributed by atoms with Crippen LogP contribution in [0.15, 0.2) is 54.2 Å². The van der Waals surface area contributed by atoms with Gasteiger partial charge in [0.1, 0.15) is 5.70 Å². The van der Waals surface area contributed by atoms with Crippen molar-refractivity contribution in [3.05, 3.63) is 76.5 Å². The second kappa shape index (κ2) is 8.24. The zero-order valence-corrected chi connectivity index (χ0v) is 17.3. The molecule has 0 atom stereocenters. The molecular formula is C25H28N2O2. The van der Waals surface area contributed by atoms with E-state index >= 15 is 0 Å². The topological polar surface area (TPSA) is 40.6 Å². The fourth-order valence-corrected chi connectivity index (χ4v) is 4.22. The molecule has 4 rings (SSSR count). The maximum Gasteiger partial charge on any atom is 0.277 e. The Bertz CT molecular complexity index is 956. The van der Waals surface area contributed by atoms with Gasteiger partial charge in [-0.1, -0.05) is 48.5 Å². The van der Waals surface area contributed by atoms with Crippen molar-refractivity contribution in [3.8, 4) is 0 Å². The van der Waals surface area contributed by atoms with Crippen molar-refractivity contribution >= 4 is 17.4 Å². The number of carbonyl (C=O) groups is 2. The van der Waals surface area contributed by atoms with E-state index in [0.29, 0.717) is 24.2 Å². The van der Waals surface area contributed by atoms with Crippen LogP contribution in [0, 0.1) is 13.8 Å². The molecule has 0 radical (unpaired) electrons. The molecule has 2 aliphatic heterocycles. The van der Waals surface area contributed by atoms with E-state index < -0.39 is 0 Å². The Morgan fingerprint density at radius 3 is 2.24 bits per heavy atom. The number of piperidine rings is 1. The van der Waals surface area contributed by atoms with Crippen molar-refractivity contribution in [3.63, 3.8) is 0 Å². The van der Waals surface area contributed by atoms with Gasteiger partial charge in [-0.2, -0.15) is 0 Å². The third kappa shape index (κ3) is 3.84. The van der Waals surface area contributed by atoms with Gasteiger partial charge in [-0.05, 0) is 61.8 Å². The molecule has 2 amide bonds. The Morgan fingerprint density at radius 2 is 1.55 bits per heavy atom. The average molecular weight is 389 g/mol. The molecule has 150 valence electrons. The number of nitrogens with zero attached hydrogens (tertiary/aromatic N) is 2. The first-order valence-electron chi connectivity index (χ1n) is 10.5. The van der Waals surface area contributed by atoms with Gasteiger partial charge in [0.15, 0.2) is 0 Å². The van der Waals surface area contributed by atoms with Crippen molar-refractivity contribution in [2.24, 2.45) is 0 Å². The highest BCUT2D eigenvalue weighted by Crippen LogP contribution is 2.34. The molecular weight excluding hydrogens is 360 g/mol. The summed E-state index contributed by atoms with van der Waals surface area (Å²) in [5, 5.41) is 0. The summed E-state index contributed by atoms with van der Waals surface area (Å²) in [5.74, 6) is -0.296. The van der Waals surface area contributed by atoms with E-state index in [-0.39, 0.29) is 11.8 Å². The number of benzene rings is 2. The van der Waals surface area contributed by atoms with Crippen LogP contribution >= 0.6 is 0 Å². The first kappa shape index (κ1) is 19.4. The lowest BCUT2D eigenvalue weighted by Crippen LogP contribution is -2.38. The SMILES string of the molecule is Cc1ccc(C2=C(N3CCCCC3)C(=O)N(CCc3ccccc3)C2=O)cc1C. The number of aryl methyl sites for hydroxylation is 2. The zero-order chi connectivity index (χ0) is 20.4. The fraction of sp³-hybridized carbons (Fsp3) is 0.360. The van der Waals surface area contributed by atoms with Crippen molar-refractivity contribution in [2.75, 3.05) is 19.6 Å². The number of imide groups is 1. The van der Waals surface area contributed by atoms with Crippen molar-refractivity contribution in [2.45, 2.75) is 39.5 Å². The summed E-state index contributed by atoms with van der Waals surface area (Å²) < 4.78 is 0. The minimum atomic E-state index is -0.158. The van der Waals surface area contributed by atoms with Crippen LogP contribution in [-0.4, -0.2) is 41.2 Å². The molecule has 0 spiro atoms. The highest BCUT2D eigenvalue weighted by Gasteiger charge is 2.41. The Kier molecular flexibility index (Phi) is 5.52. The monoisotopic (exact) mass is 388 g/mol. The third-order valence-electron chi connectivity index (χ3n) is 6.08. The predicted octanol–water partition coefficient (Wildman–Crippen LogP) is 4.11. The number of carbonyl (C=O) groups excluding carboxylic acids is 2. The Morgan fingerprint density at radius 1 is 0.828 bits per heavy atom. The lowest BCUT2D eigenvalue weighted by molar-refractivity contribution is -0.137. The van der Waals surface area contributed by atoms with Gasteiger partial charge < -0.3 is 4.90 Å². The second-order valence-electron chi connectivity index (χ2n) is 8.07. The molecule has 0 saturated carbocycles. The van der Waals surface area contributed by atoms with E-state index in [9.17, 15) is 9.59 Å². The minimum Gasteiger partial charge on any atom is -0.366 e. The number of hydrogen-bond acceptors (Lipinski definition) is 3. The summed E-state index contributed by atoms with van der Waals surface area (Å²) in [6, 6.07) is 16.1. The lowest BCUT2D eigenvalue weighted by Gasteiger charge is -2.29. The molecule has 0 aromatic heterocycles. The van der Waals surface area contributed by atoms with Gasteiger partial charge in [-0.25, -0.2) is 0 Å². The standard InChI is InChI=1S/C25H28N2O2/c1-18-11-12-21(17-19(18)2)22-23(26-14-7-4-8-15-26)25(29)27(24(22)28)16-13-20-9-5-3-6-10-20/h3,5-6,9-12,17H,4,7-8,13-16H2,1-2H3. The van der Waals surface area contributed by atoms with Gasteiger partial charge >= 0.3 is 0 Å². The van der Waals surface area contributed by atoms with Crippen LogP contribution in [-0.2, 0) is 16.0 Å². The number of likely N-dealkylation sites (tertiary alicyclic amines) is 1. The Balaban J connectivity index is 1.68. The molecule has 2 aromatic carbocycles. The molecule has 2 aliphatic rings. The molecule has 0 N–H and O–H groups in total. The molecule has 2 aromatic rings. The fourth-order valence-electron chi connectivity index (χ4n) is 4.22. The maximum absolute atomic E-state index is 13.4. The minimum absolute atomic E-state index is 0.138. The van der Waals surface area contributed by atoms with E-state index in [1.807, 2.05) is 55.5 Å². The predicted molar refractivity (Wildman–Crippen MR) is 115 cm³/mol. The normalized spacial score (nSPS) is 17.4. The molecule has 1 fully saturated rings. The molecule has 29 heavy (non-hydrogen) atoms.